The van der Waals surface area contributed by atoms with Crippen LogP contribution in [0.4, 0.5) is 0 Å². The van der Waals surface area contributed by atoms with E-state index in [1.165, 1.54) is 4.57 Å². The second kappa shape index (κ2) is 3.82. The van der Waals surface area contributed by atoms with E-state index in [1.54, 1.807) is 31.2 Å². The number of hydrogen-bond donors (Lipinski definition) is 2. The Labute approximate surface area is 90.6 Å². The highest BCUT2D eigenvalue weighted by Gasteiger charge is 2.19. The van der Waals surface area contributed by atoms with Crippen LogP contribution in [0.2, 0.25) is 0 Å². The molecule has 0 aliphatic heterocycles. The molecule has 6 nitrogen and oxygen atoms in total. The van der Waals surface area contributed by atoms with Gasteiger partial charge in [-0.15, -0.1) is 0 Å². The Morgan fingerprint density at radius 2 is 2.19 bits per heavy atom. The van der Waals surface area contributed by atoms with Crippen LogP contribution < -0.4 is 17.0 Å². The fourth-order valence-corrected chi connectivity index (χ4v) is 1.59. The van der Waals surface area contributed by atoms with Crippen LogP contribution in [-0.4, -0.2) is 10.5 Å². The molecule has 1 amide bonds. The highest BCUT2D eigenvalue weighted by Crippen LogP contribution is 2.16. The van der Waals surface area contributed by atoms with Gasteiger partial charge in [0.2, 0.25) is 0 Å². The molecule has 0 bridgehead atoms. The molecule has 1 aromatic heterocycles. The highest BCUT2D eigenvalue weighted by atomic mass is 16.4. The number of fused-ring (bicyclic) bond motifs is 1. The number of hydrogen-bond acceptors (Lipinski definition) is 4. The van der Waals surface area contributed by atoms with Crippen molar-refractivity contribution in [1.29, 1.82) is 0 Å². The van der Waals surface area contributed by atoms with Crippen LogP contribution in [0, 0.1) is 0 Å². The number of nitrogens with two attached hydrogens (primary N) is 1. The number of hydrazine groups is 1. The van der Waals surface area contributed by atoms with E-state index in [4.69, 9.17) is 10.3 Å². The van der Waals surface area contributed by atoms with Gasteiger partial charge in [-0.3, -0.25) is 14.8 Å². The van der Waals surface area contributed by atoms with Gasteiger partial charge in [0.1, 0.15) is 6.04 Å². The molecule has 0 saturated heterocycles. The highest BCUT2D eigenvalue weighted by molar-refractivity contribution is 5.82. The van der Waals surface area contributed by atoms with Crippen LogP contribution in [0.25, 0.3) is 11.1 Å². The van der Waals surface area contributed by atoms with Crippen LogP contribution in [0.3, 0.4) is 0 Å². The predicted molar refractivity (Wildman–Crippen MR) is 57.5 cm³/mol. The zero-order valence-electron chi connectivity index (χ0n) is 8.64. The molecule has 0 aliphatic carbocycles. The number of rotatable bonds is 2. The van der Waals surface area contributed by atoms with Gasteiger partial charge in [-0.05, 0) is 19.1 Å². The fourth-order valence-electron chi connectivity index (χ4n) is 1.59. The van der Waals surface area contributed by atoms with Crippen molar-refractivity contribution in [2.24, 2.45) is 5.84 Å². The number of aromatic nitrogens is 1. The van der Waals surface area contributed by atoms with Crippen molar-refractivity contribution in [2.45, 2.75) is 13.0 Å². The summed E-state index contributed by atoms with van der Waals surface area (Å²) in [5.74, 6) is 4.01. The van der Waals surface area contributed by atoms with E-state index in [0.29, 0.717) is 11.1 Å². The molecule has 84 valence electrons. The predicted octanol–water partition coefficient (Wildman–Crippen LogP) is 0.145. The van der Waals surface area contributed by atoms with Crippen LogP contribution in [0.5, 0.6) is 0 Å². The summed E-state index contributed by atoms with van der Waals surface area (Å²) in [6.45, 7) is 1.57. The standard InChI is InChI=1S/C10H11N3O3/c1-6(9(14)12-11)13-7-4-2-3-5-8(7)16-10(13)15/h2-6H,11H2,1H3,(H,12,14). The number of para-hydroxylation sites is 2. The monoisotopic (exact) mass is 221 g/mol. The van der Waals surface area contributed by atoms with Gasteiger partial charge in [0.15, 0.2) is 5.58 Å². The third-order valence-corrected chi connectivity index (χ3v) is 2.43. The third-order valence-electron chi connectivity index (χ3n) is 2.43. The molecule has 2 aromatic rings. The molecule has 0 fully saturated rings. The zero-order valence-corrected chi connectivity index (χ0v) is 8.64. The lowest BCUT2D eigenvalue weighted by Gasteiger charge is -2.09. The Balaban J connectivity index is 2.64. The maximum atomic E-state index is 11.6. The maximum absolute atomic E-state index is 11.6. The van der Waals surface area contributed by atoms with Crippen LogP contribution in [-0.2, 0) is 4.79 Å². The third kappa shape index (κ3) is 1.49. The Morgan fingerprint density at radius 1 is 1.50 bits per heavy atom. The van der Waals surface area contributed by atoms with Crippen molar-refractivity contribution in [3.05, 3.63) is 34.8 Å². The van der Waals surface area contributed by atoms with Crippen molar-refractivity contribution in [3.8, 4) is 0 Å². The Kier molecular flexibility index (Phi) is 2.49. The van der Waals surface area contributed by atoms with Crippen LogP contribution in [0.1, 0.15) is 13.0 Å². The van der Waals surface area contributed by atoms with E-state index in [2.05, 4.69) is 0 Å². The molecule has 0 aliphatic rings. The topological polar surface area (TPSA) is 90.3 Å². The molecular formula is C10H11N3O3. The lowest BCUT2D eigenvalue weighted by molar-refractivity contribution is -0.123. The number of oxazole rings is 1. The molecule has 1 unspecified atom stereocenters. The average molecular weight is 221 g/mol. The molecule has 16 heavy (non-hydrogen) atoms. The van der Waals surface area contributed by atoms with Crippen molar-refractivity contribution in [1.82, 2.24) is 9.99 Å². The zero-order chi connectivity index (χ0) is 11.7. The number of carbonyl (C=O) groups excluding carboxylic acids is 1. The lowest BCUT2D eigenvalue weighted by Crippen LogP contribution is -2.38. The Hall–Kier alpha value is -2.08. The summed E-state index contributed by atoms with van der Waals surface area (Å²) in [5.41, 5.74) is 3.03. The van der Waals surface area contributed by atoms with Gasteiger partial charge in [-0.1, -0.05) is 12.1 Å². The van der Waals surface area contributed by atoms with E-state index < -0.39 is 17.7 Å². The fraction of sp³-hybridized carbons (Fsp3) is 0.200. The summed E-state index contributed by atoms with van der Waals surface area (Å²) in [6.07, 6.45) is 0. The van der Waals surface area contributed by atoms with Crippen LogP contribution in [0.15, 0.2) is 33.5 Å². The summed E-state index contributed by atoms with van der Waals surface area (Å²) in [5, 5.41) is 0. The minimum absolute atomic E-state index is 0.448. The first-order valence-electron chi connectivity index (χ1n) is 4.75. The van der Waals surface area contributed by atoms with E-state index in [0.717, 1.165) is 0 Å². The van der Waals surface area contributed by atoms with E-state index in [-0.39, 0.29) is 0 Å². The van der Waals surface area contributed by atoms with Gasteiger partial charge in [0.05, 0.1) is 5.52 Å². The number of nitrogens with zero attached hydrogens (tertiary/aromatic N) is 1. The number of nitrogens with one attached hydrogen (secondary N) is 1. The van der Waals surface area contributed by atoms with Crippen molar-refractivity contribution >= 4 is 17.0 Å². The molecule has 1 atom stereocenters. The summed E-state index contributed by atoms with van der Waals surface area (Å²) < 4.78 is 6.26. The minimum atomic E-state index is -0.707. The first-order chi connectivity index (χ1) is 7.65. The van der Waals surface area contributed by atoms with Gasteiger partial charge in [0, 0.05) is 0 Å². The van der Waals surface area contributed by atoms with Gasteiger partial charge in [-0.25, -0.2) is 10.6 Å². The summed E-state index contributed by atoms with van der Waals surface area (Å²) in [6, 6.07) is 6.19. The molecule has 0 radical (unpaired) electrons. The summed E-state index contributed by atoms with van der Waals surface area (Å²) in [4.78, 5) is 22.9. The quantitative estimate of drug-likeness (QED) is 0.429. The largest absolute Gasteiger partial charge is 0.420 e. The minimum Gasteiger partial charge on any atom is -0.408 e. The van der Waals surface area contributed by atoms with E-state index in [9.17, 15) is 9.59 Å². The molecule has 0 spiro atoms. The molecule has 3 N–H and O–H groups in total. The van der Waals surface area contributed by atoms with Gasteiger partial charge in [0.25, 0.3) is 5.91 Å². The second-order valence-corrected chi connectivity index (χ2v) is 3.39. The molecule has 1 aromatic carbocycles. The molecule has 6 heteroatoms. The maximum Gasteiger partial charge on any atom is 0.420 e. The Morgan fingerprint density at radius 3 is 2.88 bits per heavy atom. The summed E-state index contributed by atoms with van der Waals surface area (Å²) in [7, 11) is 0. The number of benzene rings is 1. The molecule has 0 saturated carbocycles. The Bertz CT molecular complexity index is 584. The lowest BCUT2D eigenvalue weighted by atomic mass is 10.2. The van der Waals surface area contributed by atoms with E-state index in [1.807, 2.05) is 5.43 Å². The van der Waals surface area contributed by atoms with Crippen molar-refractivity contribution in [2.75, 3.05) is 0 Å². The van der Waals surface area contributed by atoms with Crippen LogP contribution >= 0.6 is 0 Å². The molecular weight excluding hydrogens is 210 g/mol. The van der Waals surface area contributed by atoms with Gasteiger partial charge in [-0.2, -0.15) is 0 Å². The van der Waals surface area contributed by atoms with Crippen molar-refractivity contribution in [3.63, 3.8) is 0 Å². The van der Waals surface area contributed by atoms with E-state index >= 15 is 0 Å². The molecule has 2 rings (SSSR count). The first kappa shape index (κ1) is 10.4. The average Bonchev–Trinajstić information content (AvgIpc) is 2.63. The smallest absolute Gasteiger partial charge is 0.408 e. The normalized spacial score (nSPS) is 12.6. The number of amides is 1. The second-order valence-electron chi connectivity index (χ2n) is 3.39. The summed E-state index contributed by atoms with van der Waals surface area (Å²) >= 11 is 0. The molecule has 1 heterocycles. The first-order valence-corrected chi connectivity index (χ1v) is 4.75. The van der Waals surface area contributed by atoms with Crippen molar-refractivity contribution < 1.29 is 9.21 Å². The SMILES string of the molecule is CC(C(=O)NN)n1c(=O)oc2ccccc21. The van der Waals surface area contributed by atoms with Gasteiger partial charge < -0.3 is 4.42 Å². The number of carbonyl (C=O) groups is 1. The van der Waals surface area contributed by atoms with Gasteiger partial charge >= 0.3 is 5.76 Å².